The van der Waals surface area contributed by atoms with Crippen LogP contribution in [0.15, 0.2) is 48.7 Å². The van der Waals surface area contributed by atoms with Gasteiger partial charge in [-0.15, -0.1) is 0 Å². The topological polar surface area (TPSA) is 116 Å². The van der Waals surface area contributed by atoms with Crippen LogP contribution < -0.4 is 0 Å². The molecule has 0 N–H and O–H groups in total. The Morgan fingerprint density at radius 1 is 1.12 bits per heavy atom. The summed E-state index contributed by atoms with van der Waals surface area (Å²) in [6, 6.07) is 9.33. The summed E-state index contributed by atoms with van der Waals surface area (Å²) in [4.78, 5) is 37.2. The smallest absolute Gasteiger partial charge is 0.269 e. The van der Waals surface area contributed by atoms with E-state index in [1.807, 2.05) is 0 Å². The molecule has 0 unspecified atom stereocenters. The van der Waals surface area contributed by atoms with Crippen molar-refractivity contribution in [3.8, 4) is 0 Å². The van der Waals surface area contributed by atoms with Crippen molar-refractivity contribution in [1.82, 2.24) is 4.98 Å². The summed E-state index contributed by atoms with van der Waals surface area (Å²) in [5, 5.41) is 21.9. The van der Waals surface area contributed by atoms with E-state index in [9.17, 15) is 25.0 Å². The number of non-ortho nitro benzene ring substituents is 1. The molecule has 8 heteroatoms. The molecule has 0 radical (unpaired) electrons. The molecule has 0 aliphatic heterocycles. The van der Waals surface area contributed by atoms with Gasteiger partial charge in [-0.1, -0.05) is 18.2 Å². The van der Waals surface area contributed by atoms with Crippen molar-refractivity contribution >= 4 is 11.5 Å². The number of carbonyl (C=O) groups is 1. The summed E-state index contributed by atoms with van der Waals surface area (Å²) in [5.74, 6) is -1.01. The van der Waals surface area contributed by atoms with E-state index in [0.717, 1.165) is 0 Å². The number of hydrogen-bond acceptors (Lipinski definition) is 6. The van der Waals surface area contributed by atoms with Crippen molar-refractivity contribution in [2.24, 2.45) is 0 Å². The molecule has 0 bridgehead atoms. The van der Waals surface area contributed by atoms with Crippen LogP contribution in [0.4, 0.5) is 5.69 Å². The van der Waals surface area contributed by atoms with E-state index in [1.165, 1.54) is 37.4 Å². The maximum atomic E-state index is 12.3. The molecule has 24 heavy (non-hydrogen) atoms. The summed E-state index contributed by atoms with van der Waals surface area (Å²) in [5.41, 5.74) is 0.636. The second kappa shape index (κ2) is 7.40. The summed E-state index contributed by atoms with van der Waals surface area (Å²) in [6.45, 7) is 1.41. The van der Waals surface area contributed by atoms with Gasteiger partial charge >= 0.3 is 0 Å². The van der Waals surface area contributed by atoms with Crippen LogP contribution in [-0.4, -0.2) is 26.7 Å². The van der Waals surface area contributed by atoms with Gasteiger partial charge in [-0.05, 0) is 17.7 Å². The third kappa shape index (κ3) is 3.97. The Bertz CT molecular complexity index is 746. The average Bonchev–Trinajstić information content (AvgIpc) is 2.59. The first-order valence-corrected chi connectivity index (χ1v) is 7.22. The number of nitro groups is 2. The van der Waals surface area contributed by atoms with Gasteiger partial charge in [0.05, 0.1) is 10.8 Å². The van der Waals surface area contributed by atoms with Gasteiger partial charge in [0.15, 0.2) is 5.78 Å². The van der Waals surface area contributed by atoms with E-state index in [2.05, 4.69) is 4.98 Å². The van der Waals surface area contributed by atoms with Crippen LogP contribution in [0.5, 0.6) is 0 Å². The van der Waals surface area contributed by atoms with E-state index in [1.54, 1.807) is 18.2 Å². The number of nitro benzene ring substituents is 1. The molecular formula is C16H15N3O5. The standard InChI is InChI=1S/C16H15N3O5/c1-11(18(21)22)14(10-16(20)15-4-2-3-9-17-15)12-5-7-13(8-6-12)19(23)24/h2-9,11,14H,10H2,1H3/t11-,14-/m1/s1. The van der Waals surface area contributed by atoms with Crippen LogP contribution >= 0.6 is 0 Å². The third-order valence-corrected chi connectivity index (χ3v) is 3.80. The van der Waals surface area contributed by atoms with Crippen molar-refractivity contribution in [2.75, 3.05) is 0 Å². The molecule has 2 atom stereocenters. The Hall–Kier alpha value is -3.16. The molecule has 8 nitrogen and oxygen atoms in total. The quantitative estimate of drug-likeness (QED) is 0.438. The van der Waals surface area contributed by atoms with Crippen LogP contribution in [0.1, 0.15) is 35.3 Å². The van der Waals surface area contributed by atoms with Gasteiger partial charge in [-0.25, -0.2) is 0 Å². The fourth-order valence-corrected chi connectivity index (χ4v) is 2.39. The zero-order valence-electron chi connectivity index (χ0n) is 12.9. The molecular weight excluding hydrogens is 314 g/mol. The Labute approximate surface area is 137 Å². The van der Waals surface area contributed by atoms with Crippen molar-refractivity contribution in [3.05, 3.63) is 80.1 Å². The van der Waals surface area contributed by atoms with Crippen molar-refractivity contribution in [2.45, 2.75) is 25.3 Å². The Kier molecular flexibility index (Phi) is 5.31. The lowest BCUT2D eigenvalue weighted by Crippen LogP contribution is -2.26. The minimum Gasteiger partial charge on any atom is -0.292 e. The number of ketones is 1. The zero-order valence-corrected chi connectivity index (χ0v) is 12.9. The molecule has 0 saturated heterocycles. The number of hydrogen-bond donors (Lipinski definition) is 0. The maximum Gasteiger partial charge on any atom is 0.269 e. The van der Waals surface area contributed by atoms with Gasteiger partial charge in [0.25, 0.3) is 5.69 Å². The lowest BCUT2D eigenvalue weighted by atomic mass is 9.87. The normalized spacial score (nSPS) is 13.0. The molecule has 1 aromatic heterocycles. The van der Waals surface area contributed by atoms with Crippen LogP contribution in [-0.2, 0) is 0 Å². The predicted octanol–water partition coefficient (Wildman–Crippen LogP) is 3.01. The summed E-state index contributed by atoms with van der Waals surface area (Å²) < 4.78 is 0. The molecule has 124 valence electrons. The summed E-state index contributed by atoms with van der Waals surface area (Å²) >= 11 is 0. The Balaban J connectivity index is 2.29. The molecule has 1 aromatic carbocycles. The van der Waals surface area contributed by atoms with Crippen LogP contribution in [0.25, 0.3) is 0 Å². The number of Topliss-reactive ketones (excluding diaryl/α,β-unsaturated/α-hetero) is 1. The van der Waals surface area contributed by atoms with Gasteiger partial charge in [-0.2, -0.15) is 0 Å². The third-order valence-electron chi connectivity index (χ3n) is 3.80. The van der Waals surface area contributed by atoms with Crippen LogP contribution in [0.3, 0.4) is 0 Å². The molecule has 0 saturated carbocycles. The lowest BCUT2D eigenvalue weighted by molar-refractivity contribution is -0.522. The first-order chi connectivity index (χ1) is 11.4. The van der Waals surface area contributed by atoms with Gasteiger partial charge in [0, 0.05) is 36.6 Å². The predicted molar refractivity (Wildman–Crippen MR) is 85.5 cm³/mol. The van der Waals surface area contributed by atoms with E-state index >= 15 is 0 Å². The second-order valence-electron chi connectivity index (χ2n) is 5.32. The van der Waals surface area contributed by atoms with Crippen molar-refractivity contribution < 1.29 is 14.6 Å². The van der Waals surface area contributed by atoms with E-state index < -0.39 is 21.8 Å². The molecule has 0 fully saturated rings. The van der Waals surface area contributed by atoms with E-state index in [-0.39, 0.29) is 23.6 Å². The highest BCUT2D eigenvalue weighted by molar-refractivity contribution is 5.94. The monoisotopic (exact) mass is 329 g/mol. The fourth-order valence-electron chi connectivity index (χ4n) is 2.39. The zero-order chi connectivity index (χ0) is 17.7. The molecule has 0 aliphatic rings. The van der Waals surface area contributed by atoms with Crippen LogP contribution in [0, 0.1) is 20.2 Å². The summed E-state index contributed by atoms with van der Waals surface area (Å²) in [6.07, 6.45) is 1.38. The van der Waals surface area contributed by atoms with Gasteiger partial charge in [-0.3, -0.25) is 30.0 Å². The Morgan fingerprint density at radius 3 is 2.29 bits per heavy atom. The van der Waals surface area contributed by atoms with Crippen molar-refractivity contribution in [3.63, 3.8) is 0 Å². The van der Waals surface area contributed by atoms with Crippen molar-refractivity contribution in [1.29, 1.82) is 0 Å². The van der Waals surface area contributed by atoms with Gasteiger partial charge in [0.2, 0.25) is 6.04 Å². The molecule has 2 rings (SSSR count). The number of aromatic nitrogens is 1. The number of rotatable bonds is 7. The van der Waals surface area contributed by atoms with Gasteiger partial charge < -0.3 is 0 Å². The number of pyridine rings is 1. The van der Waals surface area contributed by atoms with E-state index in [4.69, 9.17) is 0 Å². The molecule has 0 aliphatic carbocycles. The number of benzene rings is 1. The lowest BCUT2D eigenvalue weighted by Gasteiger charge is -2.17. The first-order valence-electron chi connectivity index (χ1n) is 7.22. The van der Waals surface area contributed by atoms with E-state index in [0.29, 0.717) is 5.56 Å². The SMILES string of the molecule is C[C@H]([C@@H](CC(=O)c1ccccn1)c1ccc([N+](=O)[O-])cc1)[N+](=O)[O-]. The molecule has 1 heterocycles. The molecule has 0 spiro atoms. The maximum absolute atomic E-state index is 12.3. The van der Waals surface area contributed by atoms with Crippen LogP contribution in [0.2, 0.25) is 0 Å². The fraction of sp³-hybridized carbons (Fsp3) is 0.250. The number of nitrogens with zero attached hydrogens (tertiary/aromatic N) is 3. The summed E-state index contributed by atoms with van der Waals surface area (Å²) in [7, 11) is 0. The average molecular weight is 329 g/mol. The second-order valence-corrected chi connectivity index (χ2v) is 5.32. The number of carbonyl (C=O) groups excluding carboxylic acids is 1. The highest BCUT2D eigenvalue weighted by Gasteiger charge is 2.31. The minimum atomic E-state index is -1.01. The largest absolute Gasteiger partial charge is 0.292 e. The molecule has 2 aromatic rings. The Morgan fingerprint density at radius 2 is 1.79 bits per heavy atom. The molecule has 0 amide bonds. The van der Waals surface area contributed by atoms with Gasteiger partial charge in [0.1, 0.15) is 5.69 Å². The highest BCUT2D eigenvalue weighted by atomic mass is 16.6. The highest BCUT2D eigenvalue weighted by Crippen LogP contribution is 2.28. The minimum absolute atomic E-state index is 0.100. The first kappa shape index (κ1) is 17.2.